The van der Waals surface area contributed by atoms with E-state index in [1.807, 2.05) is 13.8 Å². The lowest BCUT2D eigenvalue weighted by molar-refractivity contribution is 0.00375. The molecule has 112 valence electrons. The van der Waals surface area contributed by atoms with E-state index >= 15 is 0 Å². The van der Waals surface area contributed by atoms with E-state index in [4.69, 9.17) is 16.3 Å². The predicted molar refractivity (Wildman–Crippen MR) is 80.3 cm³/mol. The Morgan fingerprint density at radius 2 is 2.10 bits per heavy atom. The molecule has 0 bridgehead atoms. The molecule has 0 aliphatic carbocycles. The highest BCUT2D eigenvalue weighted by atomic mass is 35.5. The molecule has 0 fully saturated rings. The van der Waals surface area contributed by atoms with Crippen LogP contribution in [0.3, 0.4) is 0 Å². The van der Waals surface area contributed by atoms with Gasteiger partial charge in [-0.2, -0.15) is 0 Å². The molecule has 1 aromatic rings. The average molecular weight is 300 g/mol. The van der Waals surface area contributed by atoms with Gasteiger partial charge in [-0.05, 0) is 19.1 Å². The first-order valence-electron chi connectivity index (χ1n) is 6.73. The van der Waals surface area contributed by atoms with Crippen molar-refractivity contribution in [3.8, 4) is 0 Å². The molecule has 2 atom stereocenters. The van der Waals surface area contributed by atoms with Crippen molar-refractivity contribution in [2.75, 3.05) is 13.2 Å². The van der Waals surface area contributed by atoms with E-state index in [1.54, 1.807) is 31.2 Å². The number of ketones is 1. The summed E-state index contributed by atoms with van der Waals surface area (Å²) in [6.45, 7) is 6.23. The maximum Gasteiger partial charge on any atom is 0.191 e. The van der Waals surface area contributed by atoms with Gasteiger partial charge in [0.2, 0.25) is 0 Å². The molecule has 1 rings (SSSR count). The first-order valence-corrected chi connectivity index (χ1v) is 7.10. The smallest absolute Gasteiger partial charge is 0.191 e. The fourth-order valence-corrected chi connectivity index (χ4v) is 1.83. The Kier molecular flexibility index (Phi) is 7.16. The van der Waals surface area contributed by atoms with Crippen LogP contribution >= 0.6 is 11.6 Å². The molecule has 2 N–H and O–H groups in total. The van der Waals surface area contributed by atoms with Crippen molar-refractivity contribution < 1.29 is 14.6 Å². The van der Waals surface area contributed by atoms with Gasteiger partial charge in [0.15, 0.2) is 5.78 Å². The molecule has 1 aromatic carbocycles. The molecule has 0 radical (unpaired) electrons. The fourth-order valence-electron chi connectivity index (χ4n) is 1.64. The van der Waals surface area contributed by atoms with Gasteiger partial charge in [0.05, 0.1) is 12.7 Å². The summed E-state index contributed by atoms with van der Waals surface area (Å²) in [6.07, 6.45) is -1.24. The van der Waals surface area contributed by atoms with Crippen LogP contribution in [0.2, 0.25) is 5.02 Å². The highest BCUT2D eigenvalue weighted by Crippen LogP contribution is 2.13. The zero-order chi connectivity index (χ0) is 15.1. The van der Waals surface area contributed by atoms with Crippen LogP contribution in [0.15, 0.2) is 24.3 Å². The lowest BCUT2D eigenvalue weighted by Crippen LogP contribution is -2.36. The van der Waals surface area contributed by atoms with Crippen LogP contribution in [0.4, 0.5) is 0 Å². The monoisotopic (exact) mass is 299 g/mol. The van der Waals surface area contributed by atoms with Crippen LogP contribution in [-0.4, -0.2) is 42.3 Å². The Bertz CT molecular complexity index is 437. The summed E-state index contributed by atoms with van der Waals surface area (Å²) in [7, 11) is 0. The molecule has 4 nitrogen and oxygen atoms in total. The number of hydrogen-bond donors (Lipinski definition) is 2. The van der Waals surface area contributed by atoms with E-state index in [0.717, 1.165) is 0 Å². The van der Waals surface area contributed by atoms with E-state index in [0.29, 0.717) is 23.2 Å². The number of aliphatic hydroxyl groups excluding tert-OH is 1. The number of carbonyl (C=O) groups is 1. The van der Waals surface area contributed by atoms with E-state index in [2.05, 4.69) is 5.32 Å². The molecule has 0 saturated carbocycles. The number of aliphatic hydroxyl groups is 1. The Hall–Kier alpha value is -0.940. The molecular weight excluding hydrogens is 278 g/mol. The van der Waals surface area contributed by atoms with Gasteiger partial charge in [-0.3, -0.25) is 4.79 Å². The number of halogens is 1. The van der Waals surface area contributed by atoms with Gasteiger partial charge in [0.1, 0.15) is 6.10 Å². The average Bonchev–Trinajstić information content (AvgIpc) is 2.41. The number of carbonyl (C=O) groups excluding carboxylic acids is 1. The maximum absolute atomic E-state index is 12.1. The van der Waals surface area contributed by atoms with Crippen LogP contribution in [0.5, 0.6) is 0 Å². The Balaban J connectivity index is 2.42. The van der Waals surface area contributed by atoms with Crippen LogP contribution in [0.25, 0.3) is 0 Å². The van der Waals surface area contributed by atoms with Crippen molar-refractivity contribution in [2.24, 2.45) is 0 Å². The van der Waals surface area contributed by atoms with Gasteiger partial charge in [0.25, 0.3) is 0 Å². The number of benzene rings is 1. The third kappa shape index (κ3) is 6.01. The second-order valence-electron chi connectivity index (χ2n) is 5.07. The highest BCUT2D eigenvalue weighted by molar-refractivity contribution is 6.31. The molecule has 0 spiro atoms. The maximum atomic E-state index is 12.1. The van der Waals surface area contributed by atoms with Crippen molar-refractivity contribution in [3.63, 3.8) is 0 Å². The Morgan fingerprint density at radius 1 is 1.40 bits per heavy atom. The zero-order valence-corrected chi connectivity index (χ0v) is 12.9. The number of rotatable bonds is 8. The number of Topliss-reactive ketones (excluding diaryl/α,β-unsaturated/α-hetero) is 1. The molecule has 0 aliphatic heterocycles. The van der Waals surface area contributed by atoms with Crippen molar-refractivity contribution in [2.45, 2.75) is 39.0 Å². The van der Waals surface area contributed by atoms with Gasteiger partial charge in [-0.1, -0.05) is 37.6 Å². The Labute approximate surface area is 125 Å². The third-order valence-corrected chi connectivity index (χ3v) is 3.01. The van der Waals surface area contributed by atoms with Crippen molar-refractivity contribution in [1.82, 2.24) is 5.32 Å². The summed E-state index contributed by atoms with van der Waals surface area (Å²) >= 11 is 5.85. The molecule has 0 aromatic heterocycles. The van der Waals surface area contributed by atoms with E-state index < -0.39 is 12.2 Å². The van der Waals surface area contributed by atoms with Gasteiger partial charge < -0.3 is 15.2 Å². The first-order chi connectivity index (χ1) is 9.40. The summed E-state index contributed by atoms with van der Waals surface area (Å²) in [4.78, 5) is 12.1. The lowest BCUT2D eigenvalue weighted by atomic mass is 10.1. The third-order valence-electron chi connectivity index (χ3n) is 2.78. The quantitative estimate of drug-likeness (QED) is 0.723. The largest absolute Gasteiger partial charge is 0.389 e. The predicted octanol–water partition coefficient (Wildman–Crippen LogP) is 2.29. The first kappa shape index (κ1) is 17.1. The van der Waals surface area contributed by atoms with Gasteiger partial charge in [-0.25, -0.2) is 0 Å². The minimum atomic E-state index is -0.632. The molecule has 2 unspecified atom stereocenters. The summed E-state index contributed by atoms with van der Waals surface area (Å²) in [5.41, 5.74) is 0.514. The van der Waals surface area contributed by atoms with E-state index in [-0.39, 0.29) is 12.4 Å². The van der Waals surface area contributed by atoms with Crippen LogP contribution in [-0.2, 0) is 4.74 Å². The zero-order valence-electron chi connectivity index (χ0n) is 12.1. The summed E-state index contributed by atoms with van der Waals surface area (Å²) in [5.74, 6) is -0.142. The molecule has 5 heteroatoms. The lowest BCUT2D eigenvalue weighted by Gasteiger charge is -2.17. The molecule has 0 saturated heterocycles. The standard InChI is InChI=1S/C15H22ClNO3/c1-10(2)17-8-14(18)9-20-11(3)15(19)12-5-4-6-13(16)7-12/h4-7,10-11,14,17-18H,8-9H2,1-3H3. The van der Waals surface area contributed by atoms with Crippen LogP contribution in [0.1, 0.15) is 31.1 Å². The molecule has 0 aliphatic rings. The van der Waals surface area contributed by atoms with Gasteiger partial charge in [-0.15, -0.1) is 0 Å². The minimum absolute atomic E-state index is 0.118. The molecule has 0 amide bonds. The van der Waals surface area contributed by atoms with E-state index in [9.17, 15) is 9.90 Å². The molecule has 0 heterocycles. The highest BCUT2D eigenvalue weighted by Gasteiger charge is 2.17. The fraction of sp³-hybridized carbons (Fsp3) is 0.533. The Morgan fingerprint density at radius 3 is 2.70 bits per heavy atom. The summed E-state index contributed by atoms with van der Waals surface area (Å²) < 4.78 is 5.41. The minimum Gasteiger partial charge on any atom is -0.389 e. The van der Waals surface area contributed by atoms with Gasteiger partial charge in [0, 0.05) is 23.2 Å². The summed E-state index contributed by atoms with van der Waals surface area (Å²) in [6, 6.07) is 7.05. The molecule has 20 heavy (non-hydrogen) atoms. The van der Waals surface area contributed by atoms with Crippen molar-refractivity contribution in [3.05, 3.63) is 34.9 Å². The van der Waals surface area contributed by atoms with Crippen LogP contribution in [0, 0.1) is 0 Å². The second kappa shape index (κ2) is 8.37. The number of nitrogens with one attached hydrogen (secondary N) is 1. The SMILES string of the molecule is CC(C)NCC(O)COC(C)C(=O)c1cccc(Cl)c1. The van der Waals surface area contributed by atoms with Crippen molar-refractivity contribution in [1.29, 1.82) is 0 Å². The summed E-state index contributed by atoms with van der Waals surface area (Å²) in [5, 5.41) is 13.3. The topological polar surface area (TPSA) is 58.6 Å². The molecular formula is C15H22ClNO3. The number of ether oxygens (including phenoxy) is 1. The normalized spacial score (nSPS) is 14.3. The van der Waals surface area contributed by atoms with E-state index in [1.165, 1.54) is 0 Å². The second-order valence-corrected chi connectivity index (χ2v) is 5.50. The van der Waals surface area contributed by atoms with Crippen LogP contribution < -0.4 is 5.32 Å². The van der Waals surface area contributed by atoms with Gasteiger partial charge >= 0.3 is 0 Å². The van der Waals surface area contributed by atoms with Crippen molar-refractivity contribution >= 4 is 17.4 Å². The number of hydrogen-bond acceptors (Lipinski definition) is 4.